The lowest BCUT2D eigenvalue weighted by Gasteiger charge is -2.26. The summed E-state index contributed by atoms with van der Waals surface area (Å²) in [6.45, 7) is 0.641. The van der Waals surface area contributed by atoms with Crippen molar-refractivity contribution in [1.82, 2.24) is 4.31 Å². The second kappa shape index (κ2) is 6.11. The minimum atomic E-state index is -3.42. The first-order valence-electron chi connectivity index (χ1n) is 7.22. The number of rotatable bonds is 5. The van der Waals surface area contributed by atoms with Crippen molar-refractivity contribution in [3.63, 3.8) is 0 Å². The van der Waals surface area contributed by atoms with Gasteiger partial charge in [0.15, 0.2) is 0 Å². The quantitative estimate of drug-likeness (QED) is 0.676. The van der Waals surface area contributed by atoms with Gasteiger partial charge in [-0.1, -0.05) is 6.42 Å². The molecule has 0 saturated heterocycles. The van der Waals surface area contributed by atoms with Crippen molar-refractivity contribution >= 4 is 48.9 Å². The number of hydrogen-bond donors (Lipinski definition) is 0. The number of hydrogen-bond acceptors (Lipinski definition) is 3. The fraction of sp³-hybridized carbons (Fsp3) is 0.714. The van der Waals surface area contributed by atoms with E-state index in [9.17, 15) is 8.42 Å². The van der Waals surface area contributed by atoms with Crippen LogP contribution in [0.5, 0.6) is 0 Å². The molecule has 2 fully saturated rings. The van der Waals surface area contributed by atoms with E-state index in [4.69, 9.17) is 11.6 Å². The lowest BCUT2D eigenvalue weighted by atomic mass is 9.89. The minimum absolute atomic E-state index is 0.342. The second-order valence-corrected chi connectivity index (χ2v) is 10.9. The highest BCUT2D eigenvalue weighted by molar-refractivity contribution is 9.11. The van der Waals surface area contributed by atoms with E-state index in [1.807, 2.05) is 0 Å². The Hall–Kier alpha value is 0.380. The molecule has 1 aromatic heterocycles. The van der Waals surface area contributed by atoms with Crippen molar-refractivity contribution in [2.24, 2.45) is 17.8 Å². The molecule has 3 unspecified atom stereocenters. The molecule has 3 rings (SSSR count). The third-order valence-corrected chi connectivity index (χ3v) is 9.42. The predicted octanol–water partition coefficient (Wildman–Crippen LogP) is 4.31. The van der Waals surface area contributed by atoms with E-state index in [1.54, 1.807) is 13.1 Å². The van der Waals surface area contributed by atoms with Crippen LogP contribution in [0.2, 0.25) is 0 Å². The van der Waals surface area contributed by atoms with E-state index in [0.717, 1.165) is 16.7 Å². The molecule has 0 aromatic carbocycles. The Kier molecular flexibility index (Phi) is 4.73. The Morgan fingerprint density at radius 2 is 2.19 bits per heavy atom. The molecule has 2 aliphatic rings. The van der Waals surface area contributed by atoms with Gasteiger partial charge in [-0.2, -0.15) is 0 Å². The Morgan fingerprint density at radius 3 is 2.71 bits per heavy atom. The van der Waals surface area contributed by atoms with E-state index in [2.05, 4.69) is 15.9 Å². The predicted molar refractivity (Wildman–Crippen MR) is 90.3 cm³/mol. The molecule has 0 radical (unpaired) electrons. The van der Waals surface area contributed by atoms with Crippen LogP contribution in [0.1, 0.15) is 30.6 Å². The summed E-state index contributed by atoms with van der Waals surface area (Å²) in [4.78, 5) is 1.23. The van der Waals surface area contributed by atoms with Crippen LogP contribution in [0.15, 0.2) is 14.7 Å². The van der Waals surface area contributed by atoms with Gasteiger partial charge in [-0.15, -0.1) is 22.9 Å². The largest absolute Gasteiger partial charge is 0.244 e. The maximum Gasteiger partial charge on any atom is 0.244 e. The number of alkyl halides is 1. The van der Waals surface area contributed by atoms with Crippen molar-refractivity contribution in [1.29, 1.82) is 0 Å². The fourth-order valence-corrected chi connectivity index (χ4v) is 7.78. The second-order valence-electron chi connectivity index (χ2n) is 6.20. The fourth-order valence-electron chi connectivity index (χ4n) is 3.84. The summed E-state index contributed by atoms with van der Waals surface area (Å²) >= 11 is 10.6. The number of fused-ring (bicyclic) bond motifs is 2. The minimum Gasteiger partial charge on any atom is -0.207 e. The van der Waals surface area contributed by atoms with Gasteiger partial charge in [0.25, 0.3) is 0 Å². The lowest BCUT2D eigenvalue weighted by molar-refractivity contribution is 0.280. The molecule has 0 amide bonds. The molecular weight excluding hydrogens is 394 g/mol. The zero-order valence-electron chi connectivity index (χ0n) is 11.9. The Balaban J connectivity index is 1.76. The standard InChI is InChI=1S/C14H19BrClNO2S2/c1-17(8-11-5-9-2-3-10(11)4-9)21(18,19)13-6-12(7-16)20-14(13)15/h6,9-11H,2-5,7-8H2,1H3. The van der Waals surface area contributed by atoms with Crippen molar-refractivity contribution in [3.8, 4) is 0 Å². The monoisotopic (exact) mass is 411 g/mol. The Bertz CT molecular complexity index is 631. The van der Waals surface area contributed by atoms with Crippen molar-refractivity contribution in [3.05, 3.63) is 14.7 Å². The van der Waals surface area contributed by atoms with Crippen LogP contribution < -0.4 is 0 Å². The summed E-state index contributed by atoms with van der Waals surface area (Å²) in [7, 11) is -1.72. The normalized spacial score (nSPS) is 28.7. The van der Waals surface area contributed by atoms with Crippen LogP contribution in [-0.4, -0.2) is 26.3 Å². The molecule has 1 aromatic rings. The maximum absolute atomic E-state index is 12.7. The summed E-state index contributed by atoms with van der Waals surface area (Å²) in [6, 6.07) is 1.69. The molecule has 1 heterocycles. The first-order valence-corrected chi connectivity index (χ1v) is 10.8. The van der Waals surface area contributed by atoms with Gasteiger partial charge in [0, 0.05) is 18.5 Å². The van der Waals surface area contributed by atoms with Gasteiger partial charge in [0.05, 0.1) is 9.67 Å². The zero-order chi connectivity index (χ0) is 15.2. The van der Waals surface area contributed by atoms with Crippen LogP contribution in [-0.2, 0) is 15.9 Å². The molecule has 21 heavy (non-hydrogen) atoms. The molecule has 2 aliphatic carbocycles. The van der Waals surface area contributed by atoms with E-state index in [-0.39, 0.29) is 0 Å². The summed E-state index contributed by atoms with van der Waals surface area (Å²) in [5, 5.41) is 0. The van der Waals surface area contributed by atoms with E-state index in [1.165, 1.54) is 41.3 Å². The highest BCUT2D eigenvalue weighted by Crippen LogP contribution is 2.48. The molecule has 3 atom stereocenters. The summed E-state index contributed by atoms with van der Waals surface area (Å²) in [6.07, 6.45) is 5.12. The van der Waals surface area contributed by atoms with Gasteiger partial charge >= 0.3 is 0 Å². The topological polar surface area (TPSA) is 37.4 Å². The summed E-state index contributed by atoms with van der Waals surface area (Å²) in [5.74, 6) is 2.45. The Labute approximate surface area is 143 Å². The average molecular weight is 413 g/mol. The number of thiophene rings is 1. The molecule has 2 saturated carbocycles. The number of halogens is 2. The van der Waals surface area contributed by atoms with Gasteiger partial charge in [-0.25, -0.2) is 12.7 Å². The SMILES string of the molecule is CN(CC1CC2CCC1C2)S(=O)(=O)c1cc(CCl)sc1Br. The lowest BCUT2D eigenvalue weighted by Crippen LogP contribution is -2.33. The first kappa shape index (κ1) is 16.2. The molecule has 3 nitrogen and oxygen atoms in total. The molecule has 7 heteroatoms. The molecular formula is C14H19BrClNO2S2. The van der Waals surface area contributed by atoms with Crippen LogP contribution in [0.3, 0.4) is 0 Å². The van der Waals surface area contributed by atoms with Crippen LogP contribution >= 0.6 is 38.9 Å². The molecule has 0 spiro atoms. The average Bonchev–Trinajstić information content (AvgIpc) is 3.13. The van der Waals surface area contributed by atoms with Crippen LogP contribution in [0, 0.1) is 17.8 Å². The first-order chi connectivity index (χ1) is 9.91. The van der Waals surface area contributed by atoms with E-state index in [0.29, 0.717) is 27.0 Å². The highest BCUT2D eigenvalue weighted by Gasteiger charge is 2.41. The van der Waals surface area contributed by atoms with Crippen LogP contribution in [0.25, 0.3) is 0 Å². The van der Waals surface area contributed by atoms with E-state index < -0.39 is 10.0 Å². The molecule has 118 valence electrons. The van der Waals surface area contributed by atoms with Crippen molar-refractivity contribution in [2.75, 3.05) is 13.6 Å². The van der Waals surface area contributed by atoms with Gasteiger partial charge in [0.1, 0.15) is 4.90 Å². The summed E-state index contributed by atoms with van der Waals surface area (Å²) < 4.78 is 27.7. The maximum atomic E-state index is 12.7. The highest BCUT2D eigenvalue weighted by atomic mass is 79.9. The third kappa shape index (κ3) is 3.07. The third-order valence-electron chi connectivity index (χ3n) is 4.90. The van der Waals surface area contributed by atoms with Crippen LogP contribution in [0.4, 0.5) is 0 Å². The van der Waals surface area contributed by atoms with E-state index >= 15 is 0 Å². The Morgan fingerprint density at radius 1 is 1.43 bits per heavy atom. The van der Waals surface area contributed by atoms with Gasteiger partial charge < -0.3 is 0 Å². The molecule has 0 N–H and O–H groups in total. The van der Waals surface area contributed by atoms with Crippen molar-refractivity contribution in [2.45, 2.75) is 36.5 Å². The number of nitrogens with zero attached hydrogens (tertiary/aromatic N) is 1. The molecule has 2 bridgehead atoms. The molecule has 0 aliphatic heterocycles. The summed E-state index contributed by atoms with van der Waals surface area (Å²) in [5.41, 5.74) is 0. The zero-order valence-corrected chi connectivity index (χ0v) is 15.9. The smallest absolute Gasteiger partial charge is 0.207 e. The van der Waals surface area contributed by atoms with Gasteiger partial charge in [-0.05, 0) is 59.0 Å². The van der Waals surface area contributed by atoms with Crippen molar-refractivity contribution < 1.29 is 8.42 Å². The van der Waals surface area contributed by atoms with Gasteiger partial charge in [-0.3, -0.25) is 0 Å². The number of sulfonamides is 1. The van der Waals surface area contributed by atoms with Gasteiger partial charge in [0.2, 0.25) is 10.0 Å².